The van der Waals surface area contributed by atoms with Crippen molar-refractivity contribution in [2.24, 2.45) is 0 Å². The molecule has 1 N–H and O–H groups in total. The van der Waals surface area contributed by atoms with Crippen LogP contribution in [0.3, 0.4) is 0 Å². The van der Waals surface area contributed by atoms with Crippen LogP contribution in [0.5, 0.6) is 0 Å². The molecule has 0 radical (unpaired) electrons. The van der Waals surface area contributed by atoms with Crippen LogP contribution in [-0.4, -0.2) is 4.98 Å². The van der Waals surface area contributed by atoms with E-state index in [1.807, 2.05) is 12.4 Å². The van der Waals surface area contributed by atoms with Gasteiger partial charge in [-0.1, -0.05) is 38.1 Å². The molecule has 0 bridgehead atoms. The van der Waals surface area contributed by atoms with E-state index < -0.39 is 0 Å². The highest BCUT2D eigenvalue weighted by Gasteiger charge is 2.09. The standard InChI is InChI=1S/C17H22N2/c1-4-14-6-8-15(9-7-14)17(5-2)19-16-10-13(3)11-18-12-16/h6-12,17,19H,4-5H2,1-3H3. The number of anilines is 1. The molecule has 19 heavy (non-hydrogen) atoms. The Hall–Kier alpha value is -1.83. The van der Waals surface area contributed by atoms with Gasteiger partial charge in [0.05, 0.1) is 11.7 Å². The van der Waals surface area contributed by atoms with Gasteiger partial charge in [-0.25, -0.2) is 0 Å². The predicted molar refractivity (Wildman–Crippen MR) is 81.4 cm³/mol. The molecular weight excluding hydrogens is 232 g/mol. The van der Waals surface area contributed by atoms with Gasteiger partial charge in [0.1, 0.15) is 0 Å². The summed E-state index contributed by atoms with van der Waals surface area (Å²) < 4.78 is 0. The number of pyridine rings is 1. The zero-order chi connectivity index (χ0) is 13.7. The Kier molecular flexibility index (Phi) is 4.56. The van der Waals surface area contributed by atoms with Crippen molar-refractivity contribution in [3.63, 3.8) is 0 Å². The predicted octanol–water partition coefficient (Wildman–Crippen LogP) is 4.52. The summed E-state index contributed by atoms with van der Waals surface area (Å²) in [6, 6.07) is 11.4. The molecule has 0 spiro atoms. The molecular formula is C17H22N2. The molecule has 0 fully saturated rings. The number of hydrogen-bond acceptors (Lipinski definition) is 2. The first kappa shape index (κ1) is 13.6. The zero-order valence-corrected chi connectivity index (χ0v) is 12.0. The molecule has 0 saturated carbocycles. The number of aryl methyl sites for hydroxylation is 2. The number of benzene rings is 1. The van der Waals surface area contributed by atoms with E-state index in [-0.39, 0.29) is 0 Å². The van der Waals surface area contributed by atoms with Gasteiger partial charge >= 0.3 is 0 Å². The lowest BCUT2D eigenvalue weighted by Gasteiger charge is -2.19. The van der Waals surface area contributed by atoms with E-state index in [1.165, 1.54) is 16.7 Å². The lowest BCUT2D eigenvalue weighted by molar-refractivity contribution is 0.748. The number of aromatic nitrogens is 1. The SMILES string of the molecule is CCc1ccc(C(CC)Nc2cncc(C)c2)cc1. The van der Waals surface area contributed by atoms with E-state index in [1.54, 1.807) is 0 Å². The Morgan fingerprint density at radius 2 is 1.84 bits per heavy atom. The molecule has 0 amide bonds. The van der Waals surface area contributed by atoms with Crippen molar-refractivity contribution in [1.29, 1.82) is 0 Å². The third-order valence-electron chi connectivity index (χ3n) is 3.41. The van der Waals surface area contributed by atoms with Gasteiger partial charge < -0.3 is 5.32 Å². The monoisotopic (exact) mass is 254 g/mol. The van der Waals surface area contributed by atoms with Crippen molar-refractivity contribution in [2.45, 2.75) is 39.7 Å². The lowest BCUT2D eigenvalue weighted by atomic mass is 10.0. The van der Waals surface area contributed by atoms with Crippen molar-refractivity contribution in [3.05, 3.63) is 59.4 Å². The van der Waals surface area contributed by atoms with Crippen molar-refractivity contribution < 1.29 is 0 Å². The first-order chi connectivity index (χ1) is 9.22. The van der Waals surface area contributed by atoms with Crippen LogP contribution in [0, 0.1) is 6.92 Å². The molecule has 1 heterocycles. The minimum absolute atomic E-state index is 0.342. The fourth-order valence-corrected chi connectivity index (χ4v) is 2.24. The second-order valence-electron chi connectivity index (χ2n) is 4.95. The number of hydrogen-bond donors (Lipinski definition) is 1. The van der Waals surface area contributed by atoms with Gasteiger partial charge in [-0.2, -0.15) is 0 Å². The van der Waals surface area contributed by atoms with E-state index in [0.717, 1.165) is 18.5 Å². The lowest BCUT2D eigenvalue weighted by Crippen LogP contribution is -2.10. The number of rotatable bonds is 5. The van der Waals surface area contributed by atoms with Gasteiger partial charge in [0.15, 0.2) is 0 Å². The zero-order valence-electron chi connectivity index (χ0n) is 12.0. The molecule has 1 aromatic carbocycles. The van der Waals surface area contributed by atoms with Gasteiger partial charge in [-0.15, -0.1) is 0 Å². The van der Waals surface area contributed by atoms with Crippen molar-refractivity contribution in [3.8, 4) is 0 Å². The van der Waals surface area contributed by atoms with Crippen LogP contribution in [0.4, 0.5) is 5.69 Å². The summed E-state index contributed by atoms with van der Waals surface area (Å²) >= 11 is 0. The second kappa shape index (κ2) is 6.37. The maximum absolute atomic E-state index is 4.23. The second-order valence-corrected chi connectivity index (χ2v) is 4.95. The fraction of sp³-hybridized carbons (Fsp3) is 0.353. The largest absolute Gasteiger partial charge is 0.377 e. The molecule has 0 aliphatic rings. The minimum Gasteiger partial charge on any atom is -0.377 e. The summed E-state index contributed by atoms with van der Waals surface area (Å²) in [5, 5.41) is 3.56. The van der Waals surface area contributed by atoms with E-state index in [4.69, 9.17) is 0 Å². The highest BCUT2D eigenvalue weighted by Crippen LogP contribution is 2.23. The minimum atomic E-state index is 0.342. The van der Waals surface area contributed by atoms with E-state index >= 15 is 0 Å². The molecule has 2 aromatic rings. The van der Waals surface area contributed by atoms with E-state index in [0.29, 0.717) is 6.04 Å². The first-order valence-corrected chi connectivity index (χ1v) is 7.00. The van der Waals surface area contributed by atoms with Crippen LogP contribution in [0.1, 0.15) is 43.0 Å². The molecule has 1 aromatic heterocycles. The summed E-state index contributed by atoms with van der Waals surface area (Å²) in [6.45, 7) is 6.45. The summed E-state index contributed by atoms with van der Waals surface area (Å²) in [7, 11) is 0. The van der Waals surface area contributed by atoms with E-state index in [2.05, 4.69) is 61.4 Å². The fourth-order valence-electron chi connectivity index (χ4n) is 2.24. The normalized spacial score (nSPS) is 12.2. The Labute approximate surface area is 115 Å². The molecule has 0 aliphatic carbocycles. The quantitative estimate of drug-likeness (QED) is 0.848. The van der Waals surface area contributed by atoms with E-state index in [9.17, 15) is 0 Å². The average molecular weight is 254 g/mol. The van der Waals surface area contributed by atoms with Crippen LogP contribution in [0.2, 0.25) is 0 Å². The first-order valence-electron chi connectivity index (χ1n) is 7.00. The maximum Gasteiger partial charge on any atom is 0.0534 e. The maximum atomic E-state index is 4.23. The molecule has 0 saturated heterocycles. The van der Waals surface area contributed by atoms with Crippen LogP contribution in [0.25, 0.3) is 0 Å². The van der Waals surface area contributed by atoms with Gasteiger partial charge in [-0.05, 0) is 42.5 Å². The Bertz CT molecular complexity index is 517. The van der Waals surface area contributed by atoms with Gasteiger partial charge in [0.25, 0.3) is 0 Å². The van der Waals surface area contributed by atoms with Gasteiger partial charge in [-0.3, -0.25) is 4.98 Å². The molecule has 1 unspecified atom stereocenters. The number of nitrogens with zero attached hydrogens (tertiary/aromatic N) is 1. The molecule has 100 valence electrons. The van der Waals surface area contributed by atoms with Crippen molar-refractivity contribution in [1.82, 2.24) is 4.98 Å². The molecule has 1 atom stereocenters. The summed E-state index contributed by atoms with van der Waals surface area (Å²) in [5.41, 5.74) is 4.99. The van der Waals surface area contributed by atoms with Gasteiger partial charge in [0, 0.05) is 12.4 Å². The average Bonchev–Trinajstić information content (AvgIpc) is 2.45. The summed E-state index contributed by atoms with van der Waals surface area (Å²) in [6.07, 6.45) is 5.91. The Morgan fingerprint density at radius 1 is 1.11 bits per heavy atom. The van der Waals surface area contributed by atoms with Crippen molar-refractivity contribution >= 4 is 5.69 Å². The molecule has 2 nitrogen and oxygen atoms in total. The Morgan fingerprint density at radius 3 is 2.42 bits per heavy atom. The third kappa shape index (κ3) is 3.57. The van der Waals surface area contributed by atoms with Gasteiger partial charge in [0.2, 0.25) is 0 Å². The topological polar surface area (TPSA) is 24.9 Å². The summed E-state index contributed by atoms with van der Waals surface area (Å²) in [5.74, 6) is 0. The smallest absolute Gasteiger partial charge is 0.0534 e. The molecule has 0 aliphatic heterocycles. The molecule has 2 rings (SSSR count). The summed E-state index contributed by atoms with van der Waals surface area (Å²) in [4.78, 5) is 4.23. The highest BCUT2D eigenvalue weighted by atomic mass is 14.9. The van der Waals surface area contributed by atoms with Crippen LogP contribution in [0.15, 0.2) is 42.7 Å². The van der Waals surface area contributed by atoms with Crippen LogP contribution in [-0.2, 0) is 6.42 Å². The van der Waals surface area contributed by atoms with Crippen LogP contribution < -0.4 is 5.32 Å². The van der Waals surface area contributed by atoms with Crippen LogP contribution >= 0.6 is 0 Å². The highest BCUT2D eigenvalue weighted by molar-refractivity contribution is 5.45. The third-order valence-corrected chi connectivity index (χ3v) is 3.41. The van der Waals surface area contributed by atoms with Crippen molar-refractivity contribution in [2.75, 3.05) is 5.32 Å². The Balaban J connectivity index is 2.15. The number of nitrogens with one attached hydrogen (secondary N) is 1. The molecule has 2 heteroatoms.